The predicted octanol–water partition coefficient (Wildman–Crippen LogP) is 1.61. The first-order valence-electron chi connectivity index (χ1n) is 10.4. The maximum Gasteiger partial charge on any atom is 0.326 e. The second-order valence-electron chi connectivity index (χ2n) is 7.77. The molecule has 1 saturated heterocycles. The van der Waals surface area contributed by atoms with Crippen molar-refractivity contribution in [1.82, 2.24) is 25.1 Å². The van der Waals surface area contributed by atoms with Crippen LogP contribution in [0.4, 0.5) is 0 Å². The van der Waals surface area contributed by atoms with Gasteiger partial charge in [-0.15, -0.1) is 0 Å². The number of aromatic amines is 2. The van der Waals surface area contributed by atoms with Crippen LogP contribution >= 0.6 is 23.2 Å². The van der Waals surface area contributed by atoms with E-state index in [4.69, 9.17) is 27.6 Å². The average molecular weight is 506 g/mol. The van der Waals surface area contributed by atoms with Crippen molar-refractivity contribution < 1.29 is 14.0 Å². The van der Waals surface area contributed by atoms with Crippen molar-refractivity contribution in [3.8, 4) is 0 Å². The fourth-order valence-electron chi connectivity index (χ4n) is 3.77. The number of hydrogen-bond donors (Lipinski definition) is 3. The van der Waals surface area contributed by atoms with Crippen molar-refractivity contribution in [2.45, 2.75) is 19.1 Å². The Hall–Kier alpha value is -3.34. The Morgan fingerprint density at radius 3 is 2.65 bits per heavy atom. The van der Waals surface area contributed by atoms with Crippen LogP contribution in [-0.2, 0) is 17.9 Å². The molecule has 2 aromatic heterocycles. The number of hydrogen-bond acceptors (Lipinski definition) is 6. The van der Waals surface area contributed by atoms with Crippen molar-refractivity contribution in [2.24, 2.45) is 0 Å². The molecule has 3 aromatic rings. The van der Waals surface area contributed by atoms with E-state index in [0.717, 1.165) is 11.6 Å². The minimum Gasteiger partial charge on any atom is -0.467 e. The van der Waals surface area contributed by atoms with Gasteiger partial charge >= 0.3 is 5.69 Å². The molecule has 178 valence electrons. The van der Waals surface area contributed by atoms with Crippen molar-refractivity contribution in [1.29, 1.82) is 0 Å². The van der Waals surface area contributed by atoms with Crippen molar-refractivity contribution in [2.75, 3.05) is 19.6 Å². The van der Waals surface area contributed by atoms with Gasteiger partial charge in [0, 0.05) is 42.3 Å². The molecule has 3 heterocycles. The van der Waals surface area contributed by atoms with Crippen LogP contribution in [-0.4, -0.2) is 57.3 Å². The SMILES string of the molecule is O=C(NCc1ccco1)[C@@H]1CN(C(=O)c2cc(=O)[nH]c(=O)[nH]2)CCN1Cc1ccc(Cl)cc1Cl. The molecule has 0 spiro atoms. The quantitative estimate of drug-likeness (QED) is 0.466. The van der Waals surface area contributed by atoms with E-state index in [1.54, 1.807) is 30.3 Å². The van der Waals surface area contributed by atoms with Crippen LogP contribution in [0, 0.1) is 0 Å². The van der Waals surface area contributed by atoms with Gasteiger partial charge in [0.05, 0.1) is 12.8 Å². The molecule has 2 amide bonds. The molecule has 0 bridgehead atoms. The zero-order chi connectivity index (χ0) is 24.2. The number of carbonyl (C=O) groups is 2. The fourth-order valence-corrected chi connectivity index (χ4v) is 4.24. The molecule has 0 radical (unpaired) electrons. The molecule has 1 atom stereocenters. The second-order valence-corrected chi connectivity index (χ2v) is 8.62. The summed E-state index contributed by atoms with van der Waals surface area (Å²) in [6, 6.07) is 8.92. The molecule has 1 aliphatic heterocycles. The number of rotatable bonds is 6. The maximum absolute atomic E-state index is 13.1. The molecular formula is C22H21Cl2N5O5. The zero-order valence-corrected chi connectivity index (χ0v) is 19.4. The van der Waals surface area contributed by atoms with E-state index in [1.165, 1.54) is 11.2 Å². The van der Waals surface area contributed by atoms with Crippen LogP contribution in [0.2, 0.25) is 10.0 Å². The van der Waals surface area contributed by atoms with E-state index in [2.05, 4.69) is 10.3 Å². The third-order valence-corrected chi connectivity index (χ3v) is 6.06. The first-order chi connectivity index (χ1) is 16.3. The molecular weight excluding hydrogens is 485 g/mol. The van der Waals surface area contributed by atoms with Gasteiger partial charge < -0.3 is 19.6 Å². The van der Waals surface area contributed by atoms with Crippen LogP contribution in [0.25, 0.3) is 0 Å². The monoisotopic (exact) mass is 505 g/mol. The molecule has 0 saturated carbocycles. The summed E-state index contributed by atoms with van der Waals surface area (Å²) in [5.74, 6) is -0.264. The van der Waals surface area contributed by atoms with Gasteiger partial charge in [0.15, 0.2) is 0 Å². The molecule has 3 N–H and O–H groups in total. The van der Waals surface area contributed by atoms with E-state index in [1.807, 2.05) is 9.88 Å². The first kappa shape index (κ1) is 23.8. The molecule has 34 heavy (non-hydrogen) atoms. The normalized spacial score (nSPS) is 16.4. The molecule has 1 fully saturated rings. The minimum atomic E-state index is -0.778. The number of benzene rings is 1. The van der Waals surface area contributed by atoms with Gasteiger partial charge in [-0.25, -0.2) is 4.79 Å². The number of halogens is 2. The largest absolute Gasteiger partial charge is 0.467 e. The molecule has 4 rings (SSSR count). The van der Waals surface area contributed by atoms with Crippen LogP contribution in [0.5, 0.6) is 0 Å². The predicted molar refractivity (Wildman–Crippen MR) is 125 cm³/mol. The lowest BCUT2D eigenvalue weighted by atomic mass is 10.1. The van der Waals surface area contributed by atoms with Crippen molar-refractivity contribution in [3.05, 3.63) is 90.6 Å². The standard InChI is InChI=1S/C22H21Cl2N5O5/c23-14-4-3-13(16(24)8-14)11-28-5-6-29(21(32)17-9-19(30)27-22(33)26-17)12-18(28)20(31)25-10-15-2-1-7-34-15/h1-4,7-9,18H,5-6,10-12H2,(H,25,31)(H2,26,27,30,33)/t18-/m0/s1. The second kappa shape index (κ2) is 10.3. The highest BCUT2D eigenvalue weighted by atomic mass is 35.5. The lowest BCUT2D eigenvalue weighted by Gasteiger charge is -2.40. The number of nitrogens with zero attached hydrogens (tertiary/aromatic N) is 2. The Labute approximate surface area is 203 Å². The first-order valence-corrected chi connectivity index (χ1v) is 11.2. The minimum absolute atomic E-state index is 0.0445. The molecule has 1 aromatic carbocycles. The third-order valence-electron chi connectivity index (χ3n) is 5.48. The summed E-state index contributed by atoms with van der Waals surface area (Å²) in [6.07, 6.45) is 1.51. The third kappa shape index (κ3) is 5.58. The number of carbonyl (C=O) groups excluding carboxylic acids is 2. The highest BCUT2D eigenvalue weighted by Gasteiger charge is 2.35. The summed E-state index contributed by atoms with van der Waals surface area (Å²) in [7, 11) is 0. The van der Waals surface area contributed by atoms with Crippen LogP contribution < -0.4 is 16.6 Å². The van der Waals surface area contributed by atoms with Gasteiger partial charge in [-0.2, -0.15) is 0 Å². The Morgan fingerprint density at radius 2 is 1.94 bits per heavy atom. The number of nitrogens with one attached hydrogen (secondary N) is 3. The number of furan rings is 1. The smallest absolute Gasteiger partial charge is 0.326 e. The number of aromatic nitrogens is 2. The van der Waals surface area contributed by atoms with E-state index in [-0.39, 0.29) is 31.2 Å². The summed E-state index contributed by atoms with van der Waals surface area (Å²) in [4.78, 5) is 57.1. The van der Waals surface area contributed by atoms with E-state index in [0.29, 0.717) is 28.9 Å². The Bertz CT molecular complexity index is 1280. The van der Waals surface area contributed by atoms with Crippen molar-refractivity contribution in [3.63, 3.8) is 0 Å². The highest BCUT2D eigenvalue weighted by Crippen LogP contribution is 2.24. The van der Waals surface area contributed by atoms with Crippen molar-refractivity contribution >= 4 is 35.0 Å². The summed E-state index contributed by atoms with van der Waals surface area (Å²) < 4.78 is 5.27. The Morgan fingerprint density at radius 1 is 1.12 bits per heavy atom. The molecule has 12 heteroatoms. The van der Waals surface area contributed by atoms with Gasteiger partial charge in [-0.3, -0.25) is 24.3 Å². The molecule has 1 aliphatic rings. The summed E-state index contributed by atoms with van der Waals surface area (Å²) in [5, 5.41) is 3.81. The number of piperazine rings is 1. The van der Waals surface area contributed by atoms with E-state index >= 15 is 0 Å². The Balaban J connectivity index is 1.55. The van der Waals surface area contributed by atoms with Gasteiger partial charge in [0.25, 0.3) is 11.5 Å². The average Bonchev–Trinajstić information content (AvgIpc) is 3.32. The highest BCUT2D eigenvalue weighted by molar-refractivity contribution is 6.35. The topological polar surface area (TPSA) is 132 Å². The lowest BCUT2D eigenvalue weighted by molar-refractivity contribution is -0.128. The van der Waals surface area contributed by atoms with Gasteiger partial charge in [0.2, 0.25) is 5.91 Å². The van der Waals surface area contributed by atoms with E-state index < -0.39 is 23.2 Å². The van der Waals surface area contributed by atoms with Crippen LogP contribution in [0.1, 0.15) is 21.8 Å². The van der Waals surface area contributed by atoms with Crippen LogP contribution in [0.3, 0.4) is 0 Å². The number of amides is 2. The molecule has 10 nitrogen and oxygen atoms in total. The van der Waals surface area contributed by atoms with Gasteiger partial charge in [0.1, 0.15) is 17.5 Å². The molecule has 0 aliphatic carbocycles. The Kier molecular flexibility index (Phi) is 7.20. The summed E-state index contributed by atoms with van der Waals surface area (Å²) >= 11 is 12.3. The zero-order valence-electron chi connectivity index (χ0n) is 17.8. The van der Waals surface area contributed by atoms with Gasteiger partial charge in [-0.1, -0.05) is 29.3 Å². The van der Waals surface area contributed by atoms with Crippen LogP contribution in [0.15, 0.2) is 56.7 Å². The van der Waals surface area contributed by atoms with E-state index in [9.17, 15) is 19.2 Å². The van der Waals surface area contributed by atoms with Gasteiger partial charge in [-0.05, 0) is 29.8 Å². The summed E-state index contributed by atoms with van der Waals surface area (Å²) in [5.41, 5.74) is -0.818. The molecule has 0 unspecified atom stereocenters. The fraction of sp³-hybridized carbons (Fsp3) is 0.273. The number of H-pyrrole nitrogens is 2. The lowest BCUT2D eigenvalue weighted by Crippen LogP contribution is -2.59. The summed E-state index contributed by atoms with van der Waals surface area (Å²) in [6.45, 7) is 1.23. The maximum atomic E-state index is 13.1.